The van der Waals surface area contributed by atoms with Crippen molar-refractivity contribution in [3.05, 3.63) is 21.9 Å². The van der Waals surface area contributed by atoms with Crippen LogP contribution in [-0.2, 0) is 11.3 Å². The van der Waals surface area contributed by atoms with Gasteiger partial charge in [0.25, 0.3) is 0 Å². The Morgan fingerprint density at radius 3 is 2.90 bits per heavy atom. The van der Waals surface area contributed by atoms with E-state index in [0.29, 0.717) is 19.0 Å². The van der Waals surface area contributed by atoms with E-state index in [4.69, 9.17) is 5.11 Å². The maximum atomic E-state index is 11.7. The van der Waals surface area contributed by atoms with E-state index >= 15 is 0 Å². The van der Waals surface area contributed by atoms with Crippen LogP contribution in [0.5, 0.6) is 0 Å². The zero-order valence-corrected chi connectivity index (χ0v) is 13.1. The van der Waals surface area contributed by atoms with Crippen molar-refractivity contribution < 1.29 is 9.90 Å². The summed E-state index contributed by atoms with van der Waals surface area (Å²) in [5.41, 5.74) is 0. The molecule has 0 unspecified atom stereocenters. The molecule has 0 fully saturated rings. The second-order valence-electron chi connectivity index (χ2n) is 5.10. The van der Waals surface area contributed by atoms with Crippen LogP contribution in [0.2, 0.25) is 0 Å². The first-order chi connectivity index (χ1) is 9.51. The molecule has 2 N–H and O–H groups in total. The predicted octanol–water partition coefficient (Wildman–Crippen LogP) is 1.30. The number of likely N-dealkylation sites (N-methyl/N-ethyl adjacent to an activating group) is 1. The molecule has 5 heteroatoms. The van der Waals surface area contributed by atoms with Crippen molar-refractivity contribution in [2.45, 2.75) is 20.4 Å². The van der Waals surface area contributed by atoms with Crippen LogP contribution < -0.4 is 5.32 Å². The van der Waals surface area contributed by atoms with Crippen molar-refractivity contribution in [3.8, 4) is 11.8 Å². The first kappa shape index (κ1) is 16.7. The number of carbonyl (C=O) groups excluding carboxylic acids is 1. The number of aliphatic hydroxyl groups excluding tert-OH is 1. The van der Waals surface area contributed by atoms with Gasteiger partial charge in [-0.05, 0) is 25.1 Å². The molecule has 0 aliphatic heterocycles. The summed E-state index contributed by atoms with van der Waals surface area (Å²) in [4.78, 5) is 15.8. The molecular formula is C15H22N2O2S. The number of nitrogens with zero attached hydrogens (tertiary/aromatic N) is 1. The Morgan fingerprint density at radius 1 is 1.50 bits per heavy atom. The maximum Gasteiger partial charge on any atom is 0.234 e. The molecule has 0 saturated carbocycles. The molecule has 1 heterocycles. The minimum absolute atomic E-state index is 0.0538. The van der Waals surface area contributed by atoms with Crippen LogP contribution in [0.3, 0.4) is 0 Å². The van der Waals surface area contributed by atoms with Crippen LogP contribution >= 0.6 is 11.3 Å². The fraction of sp³-hybridized carbons (Fsp3) is 0.533. The van der Waals surface area contributed by atoms with E-state index in [1.807, 2.05) is 24.1 Å². The largest absolute Gasteiger partial charge is 0.384 e. The van der Waals surface area contributed by atoms with Gasteiger partial charge < -0.3 is 10.4 Å². The van der Waals surface area contributed by atoms with Gasteiger partial charge in [0.1, 0.15) is 6.61 Å². The van der Waals surface area contributed by atoms with E-state index in [2.05, 4.69) is 31.0 Å². The van der Waals surface area contributed by atoms with E-state index in [9.17, 15) is 4.79 Å². The van der Waals surface area contributed by atoms with Gasteiger partial charge in [-0.2, -0.15) is 0 Å². The molecule has 1 rings (SSSR count). The van der Waals surface area contributed by atoms with Gasteiger partial charge >= 0.3 is 0 Å². The lowest BCUT2D eigenvalue weighted by molar-refractivity contribution is -0.122. The molecule has 0 atom stereocenters. The Kier molecular flexibility index (Phi) is 7.31. The normalized spacial score (nSPS) is 10.5. The minimum atomic E-state index is -0.122. The second-order valence-corrected chi connectivity index (χ2v) is 6.26. The summed E-state index contributed by atoms with van der Waals surface area (Å²) >= 11 is 1.59. The van der Waals surface area contributed by atoms with Crippen molar-refractivity contribution in [1.29, 1.82) is 0 Å². The molecule has 0 aromatic carbocycles. The molecule has 0 aliphatic carbocycles. The molecule has 0 saturated heterocycles. The number of amides is 1. The highest BCUT2D eigenvalue weighted by Gasteiger charge is 2.08. The van der Waals surface area contributed by atoms with Gasteiger partial charge in [-0.25, -0.2) is 0 Å². The molecule has 110 valence electrons. The summed E-state index contributed by atoms with van der Waals surface area (Å²) in [6.07, 6.45) is 0. The van der Waals surface area contributed by atoms with Crippen molar-refractivity contribution in [2.75, 3.05) is 26.7 Å². The van der Waals surface area contributed by atoms with E-state index in [-0.39, 0.29) is 12.5 Å². The standard InChI is InChI=1S/C15H22N2O2S/c1-12(2)9-16-15(19)11-17(3)10-14-7-6-13(20-14)5-4-8-18/h6-7,12,18H,8-11H2,1-3H3,(H,16,19). The molecular weight excluding hydrogens is 272 g/mol. The van der Waals surface area contributed by atoms with Crippen molar-refractivity contribution in [1.82, 2.24) is 10.2 Å². The van der Waals surface area contributed by atoms with Gasteiger partial charge in [-0.3, -0.25) is 9.69 Å². The number of rotatable bonds is 6. The fourth-order valence-electron chi connectivity index (χ4n) is 1.60. The summed E-state index contributed by atoms with van der Waals surface area (Å²) in [7, 11) is 1.92. The van der Waals surface area contributed by atoms with Crippen molar-refractivity contribution >= 4 is 17.2 Å². The zero-order valence-electron chi connectivity index (χ0n) is 12.3. The van der Waals surface area contributed by atoms with Crippen LogP contribution in [0.25, 0.3) is 0 Å². The average Bonchev–Trinajstić information content (AvgIpc) is 2.81. The van der Waals surface area contributed by atoms with Crippen molar-refractivity contribution in [3.63, 3.8) is 0 Å². The monoisotopic (exact) mass is 294 g/mol. The molecule has 1 amide bonds. The average molecular weight is 294 g/mol. The van der Waals surface area contributed by atoms with Gasteiger partial charge in [-0.1, -0.05) is 25.7 Å². The zero-order chi connectivity index (χ0) is 15.0. The molecule has 1 aromatic heterocycles. The molecule has 0 aliphatic rings. The van der Waals surface area contributed by atoms with Gasteiger partial charge in [0, 0.05) is 18.0 Å². The second kappa shape index (κ2) is 8.75. The predicted molar refractivity (Wildman–Crippen MR) is 82.5 cm³/mol. The van der Waals surface area contributed by atoms with Crippen LogP contribution in [0, 0.1) is 17.8 Å². The van der Waals surface area contributed by atoms with Gasteiger partial charge in [0.05, 0.1) is 11.4 Å². The minimum Gasteiger partial charge on any atom is -0.384 e. The van der Waals surface area contributed by atoms with Crippen LogP contribution in [0.4, 0.5) is 0 Å². The number of hydrogen-bond donors (Lipinski definition) is 2. The third-order valence-corrected chi connectivity index (χ3v) is 3.48. The lowest BCUT2D eigenvalue weighted by atomic mass is 10.2. The SMILES string of the molecule is CC(C)CNC(=O)CN(C)Cc1ccc(C#CCO)s1. The molecule has 4 nitrogen and oxygen atoms in total. The summed E-state index contributed by atoms with van der Waals surface area (Å²) in [6.45, 7) is 5.85. The fourth-order valence-corrected chi connectivity index (χ4v) is 2.56. The summed E-state index contributed by atoms with van der Waals surface area (Å²) in [5, 5.41) is 11.6. The molecule has 20 heavy (non-hydrogen) atoms. The molecule has 0 radical (unpaired) electrons. The Hall–Kier alpha value is -1.35. The Labute approximate surface area is 124 Å². The number of aliphatic hydroxyl groups is 1. The smallest absolute Gasteiger partial charge is 0.234 e. The molecule has 0 bridgehead atoms. The quantitative estimate of drug-likeness (QED) is 0.778. The van der Waals surface area contributed by atoms with Crippen molar-refractivity contribution in [2.24, 2.45) is 5.92 Å². The lowest BCUT2D eigenvalue weighted by Crippen LogP contribution is -2.36. The highest BCUT2D eigenvalue weighted by atomic mass is 32.1. The van der Waals surface area contributed by atoms with Gasteiger partial charge in [-0.15, -0.1) is 11.3 Å². The number of hydrogen-bond acceptors (Lipinski definition) is 4. The van der Waals surface area contributed by atoms with Gasteiger partial charge in [0.2, 0.25) is 5.91 Å². The summed E-state index contributed by atoms with van der Waals surface area (Å²) < 4.78 is 0. The summed E-state index contributed by atoms with van der Waals surface area (Å²) in [5.74, 6) is 6.03. The van der Waals surface area contributed by atoms with Crippen LogP contribution in [0.15, 0.2) is 12.1 Å². The van der Waals surface area contributed by atoms with E-state index in [1.54, 1.807) is 11.3 Å². The van der Waals surface area contributed by atoms with E-state index in [0.717, 1.165) is 16.3 Å². The van der Waals surface area contributed by atoms with E-state index < -0.39 is 0 Å². The molecule has 0 spiro atoms. The Balaban J connectivity index is 2.40. The lowest BCUT2D eigenvalue weighted by Gasteiger charge is -2.15. The third kappa shape index (κ3) is 6.71. The molecule has 1 aromatic rings. The number of thiophene rings is 1. The first-order valence-corrected chi connectivity index (χ1v) is 7.46. The number of carbonyl (C=O) groups is 1. The number of nitrogens with one attached hydrogen (secondary N) is 1. The summed E-state index contributed by atoms with van der Waals surface area (Å²) in [6, 6.07) is 3.95. The third-order valence-electron chi connectivity index (χ3n) is 2.50. The first-order valence-electron chi connectivity index (χ1n) is 6.65. The topological polar surface area (TPSA) is 52.6 Å². The highest BCUT2D eigenvalue weighted by Crippen LogP contribution is 2.16. The van der Waals surface area contributed by atoms with Gasteiger partial charge in [0.15, 0.2) is 0 Å². The maximum absolute atomic E-state index is 11.7. The van der Waals surface area contributed by atoms with Crippen LogP contribution in [0.1, 0.15) is 23.6 Å². The van der Waals surface area contributed by atoms with Crippen LogP contribution in [-0.4, -0.2) is 42.7 Å². The highest BCUT2D eigenvalue weighted by molar-refractivity contribution is 7.12. The van der Waals surface area contributed by atoms with E-state index in [1.165, 1.54) is 0 Å². The Morgan fingerprint density at radius 2 is 2.25 bits per heavy atom. The Bertz CT molecular complexity index is 486.